The van der Waals surface area contributed by atoms with E-state index in [1.165, 1.54) is 0 Å². The fourth-order valence-electron chi connectivity index (χ4n) is 1.23. The van der Waals surface area contributed by atoms with Crippen molar-refractivity contribution in [3.63, 3.8) is 0 Å². The molecule has 0 aliphatic carbocycles. The minimum Gasteiger partial charge on any atom is -0.359 e. The highest BCUT2D eigenvalue weighted by Gasteiger charge is 2.01. The van der Waals surface area contributed by atoms with Crippen LogP contribution < -0.4 is 10.6 Å². The predicted molar refractivity (Wildman–Crippen MR) is 59.6 cm³/mol. The Hall–Kier alpha value is -1.91. The highest BCUT2D eigenvalue weighted by molar-refractivity contribution is 5.78. The number of amides is 2. The average molecular weight is 221 g/mol. The highest BCUT2D eigenvalue weighted by atomic mass is 16.1. The van der Waals surface area contributed by atoms with Gasteiger partial charge in [-0.25, -0.2) is 0 Å². The fraction of sp³-hybridized carbons (Fsp3) is 0.364. The lowest BCUT2D eigenvalue weighted by molar-refractivity contribution is -0.120. The van der Waals surface area contributed by atoms with Gasteiger partial charge in [0.2, 0.25) is 12.3 Å². The number of hydrogen-bond donors (Lipinski definition) is 2. The summed E-state index contributed by atoms with van der Waals surface area (Å²) in [5.41, 5.74) is 0.894. The normalized spacial score (nSPS) is 9.50. The molecule has 1 rings (SSSR count). The number of nitrogens with zero attached hydrogens (tertiary/aromatic N) is 1. The van der Waals surface area contributed by atoms with Crippen molar-refractivity contribution >= 4 is 12.3 Å². The van der Waals surface area contributed by atoms with Crippen molar-refractivity contribution in [2.24, 2.45) is 0 Å². The second-order valence-corrected chi connectivity index (χ2v) is 3.31. The summed E-state index contributed by atoms with van der Waals surface area (Å²) >= 11 is 0. The molecule has 0 aliphatic rings. The van der Waals surface area contributed by atoms with E-state index < -0.39 is 0 Å². The number of hydrogen-bond acceptors (Lipinski definition) is 3. The monoisotopic (exact) mass is 221 g/mol. The minimum atomic E-state index is -0.0286. The van der Waals surface area contributed by atoms with Gasteiger partial charge in [-0.05, 0) is 18.1 Å². The van der Waals surface area contributed by atoms with E-state index >= 15 is 0 Å². The molecule has 0 aromatic carbocycles. The smallest absolute Gasteiger partial charge is 0.224 e. The fourth-order valence-corrected chi connectivity index (χ4v) is 1.23. The van der Waals surface area contributed by atoms with Crippen LogP contribution in [0.1, 0.15) is 12.0 Å². The molecule has 0 radical (unpaired) electrons. The van der Waals surface area contributed by atoms with Crippen LogP contribution in [-0.4, -0.2) is 30.4 Å². The Kier molecular flexibility index (Phi) is 5.62. The molecule has 16 heavy (non-hydrogen) atoms. The Balaban J connectivity index is 2.14. The molecule has 0 aliphatic heterocycles. The summed E-state index contributed by atoms with van der Waals surface area (Å²) in [5.74, 6) is -0.0286. The SMILES string of the molecule is O=CNCCCNC(=O)Cc1cccnc1. The van der Waals surface area contributed by atoms with E-state index in [2.05, 4.69) is 15.6 Å². The zero-order valence-electron chi connectivity index (χ0n) is 8.98. The van der Waals surface area contributed by atoms with Crippen molar-refractivity contribution < 1.29 is 9.59 Å². The van der Waals surface area contributed by atoms with E-state index in [4.69, 9.17) is 0 Å². The number of nitrogens with one attached hydrogen (secondary N) is 2. The maximum Gasteiger partial charge on any atom is 0.224 e. The molecule has 1 aromatic rings. The standard InChI is InChI=1S/C11H15N3O2/c15-9-13-5-2-6-14-11(16)7-10-3-1-4-12-8-10/h1,3-4,8-9H,2,5-7H2,(H,13,15)(H,14,16). The minimum absolute atomic E-state index is 0.0286. The zero-order valence-corrected chi connectivity index (χ0v) is 8.98. The zero-order chi connectivity index (χ0) is 11.6. The van der Waals surface area contributed by atoms with Gasteiger partial charge in [0, 0.05) is 25.5 Å². The summed E-state index contributed by atoms with van der Waals surface area (Å²) in [6, 6.07) is 3.66. The van der Waals surface area contributed by atoms with Gasteiger partial charge in [-0.15, -0.1) is 0 Å². The summed E-state index contributed by atoms with van der Waals surface area (Å²) in [4.78, 5) is 25.3. The second kappa shape index (κ2) is 7.39. The Morgan fingerprint density at radius 2 is 2.31 bits per heavy atom. The van der Waals surface area contributed by atoms with E-state index in [0.29, 0.717) is 25.9 Å². The molecule has 0 bridgehead atoms. The third kappa shape index (κ3) is 5.09. The molecule has 5 nitrogen and oxygen atoms in total. The number of carbonyl (C=O) groups is 2. The van der Waals surface area contributed by atoms with Crippen molar-refractivity contribution in [3.05, 3.63) is 30.1 Å². The van der Waals surface area contributed by atoms with E-state index in [-0.39, 0.29) is 5.91 Å². The van der Waals surface area contributed by atoms with E-state index in [1.807, 2.05) is 6.07 Å². The summed E-state index contributed by atoms with van der Waals surface area (Å²) in [6.07, 6.45) is 5.07. The number of rotatable bonds is 7. The molecular weight excluding hydrogens is 206 g/mol. The van der Waals surface area contributed by atoms with Crippen molar-refractivity contribution in [3.8, 4) is 0 Å². The molecule has 0 fully saturated rings. The van der Waals surface area contributed by atoms with Crippen LogP contribution in [0.3, 0.4) is 0 Å². The molecule has 1 aromatic heterocycles. The molecule has 0 atom stereocenters. The number of carbonyl (C=O) groups excluding carboxylic acids is 2. The van der Waals surface area contributed by atoms with Gasteiger partial charge < -0.3 is 10.6 Å². The third-order valence-corrected chi connectivity index (χ3v) is 1.99. The van der Waals surface area contributed by atoms with Gasteiger partial charge >= 0.3 is 0 Å². The lowest BCUT2D eigenvalue weighted by Gasteiger charge is -2.04. The molecule has 5 heteroatoms. The largest absolute Gasteiger partial charge is 0.359 e. The molecule has 0 saturated heterocycles. The molecule has 0 unspecified atom stereocenters. The van der Waals surface area contributed by atoms with Gasteiger partial charge in [-0.3, -0.25) is 14.6 Å². The van der Waals surface area contributed by atoms with Crippen LogP contribution in [-0.2, 0) is 16.0 Å². The first-order valence-electron chi connectivity index (χ1n) is 5.15. The van der Waals surface area contributed by atoms with Crippen LogP contribution in [0.5, 0.6) is 0 Å². The molecule has 2 amide bonds. The van der Waals surface area contributed by atoms with Crippen LogP contribution in [0, 0.1) is 0 Å². The van der Waals surface area contributed by atoms with E-state index in [1.54, 1.807) is 18.5 Å². The highest BCUT2D eigenvalue weighted by Crippen LogP contribution is 1.96. The summed E-state index contributed by atoms with van der Waals surface area (Å²) in [7, 11) is 0. The van der Waals surface area contributed by atoms with Crippen LogP contribution in [0.2, 0.25) is 0 Å². The van der Waals surface area contributed by atoms with E-state index in [9.17, 15) is 9.59 Å². The van der Waals surface area contributed by atoms with Crippen LogP contribution >= 0.6 is 0 Å². The number of pyridine rings is 1. The first-order valence-corrected chi connectivity index (χ1v) is 5.15. The van der Waals surface area contributed by atoms with Crippen molar-refractivity contribution in [2.45, 2.75) is 12.8 Å². The lowest BCUT2D eigenvalue weighted by atomic mass is 10.2. The maximum absolute atomic E-state index is 11.4. The Morgan fingerprint density at radius 1 is 1.44 bits per heavy atom. The molecule has 86 valence electrons. The first kappa shape index (κ1) is 12.2. The molecule has 2 N–H and O–H groups in total. The van der Waals surface area contributed by atoms with E-state index in [0.717, 1.165) is 12.0 Å². The van der Waals surface area contributed by atoms with Gasteiger partial charge in [-0.1, -0.05) is 6.07 Å². The maximum atomic E-state index is 11.4. The Labute approximate surface area is 94.3 Å². The summed E-state index contributed by atoms with van der Waals surface area (Å²) in [6.45, 7) is 1.15. The summed E-state index contributed by atoms with van der Waals surface area (Å²) in [5, 5.41) is 5.30. The Morgan fingerprint density at radius 3 is 3.00 bits per heavy atom. The van der Waals surface area contributed by atoms with Gasteiger partial charge in [0.25, 0.3) is 0 Å². The van der Waals surface area contributed by atoms with Crippen LogP contribution in [0.15, 0.2) is 24.5 Å². The Bertz CT molecular complexity index is 327. The number of aromatic nitrogens is 1. The summed E-state index contributed by atoms with van der Waals surface area (Å²) < 4.78 is 0. The molecule has 0 saturated carbocycles. The van der Waals surface area contributed by atoms with Gasteiger partial charge in [0.1, 0.15) is 0 Å². The molecule has 1 heterocycles. The van der Waals surface area contributed by atoms with Gasteiger partial charge in [0.05, 0.1) is 6.42 Å². The topological polar surface area (TPSA) is 71.1 Å². The van der Waals surface area contributed by atoms with Crippen molar-refractivity contribution in [2.75, 3.05) is 13.1 Å². The molecule has 0 spiro atoms. The van der Waals surface area contributed by atoms with Crippen LogP contribution in [0.4, 0.5) is 0 Å². The van der Waals surface area contributed by atoms with Crippen LogP contribution in [0.25, 0.3) is 0 Å². The third-order valence-electron chi connectivity index (χ3n) is 1.99. The van der Waals surface area contributed by atoms with Gasteiger partial charge in [0.15, 0.2) is 0 Å². The quantitative estimate of drug-likeness (QED) is 0.498. The van der Waals surface area contributed by atoms with Crippen molar-refractivity contribution in [1.82, 2.24) is 15.6 Å². The second-order valence-electron chi connectivity index (χ2n) is 3.31. The average Bonchev–Trinajstić information content (AvgIpc) is 2.30. The van der Waals surface area contributed by atoms with Crippen molar-refractivity contribution in [1.29, 1.82) is 0 Å². The van der Waals surface area contributed by atoms with Gasteiger partial charge in [-0.2, -0.15) is 0 Å². The first-order chi connectivity index (χ1) is 7.83. The lowest BCUT2D eigenvalue weighted by Crippen LogP contribution is -2.28. The molecular formula is C11H15N3O2. The predicted octanol–water partition coefficient (Wildman–Crippen LogP) is -0.124.